The van der Waals surface area contributed by atoms with Crippen LogP contribution < -0.4 is 4.72 Å². The van der Waals surface area contributed by atoms with Crippen LogP contribution in [0.3, 0.4) is 0 Å². The first-order valence-corrected chi connectivity index (χ1v) is 15.8. The number of carbonyl (C=O) groups excluding carboxylic acids is 2. The molecule has 1 aliphatic carbocycles. The molecule has 1 saturated heterocycles. The fourth-order valence-corrected chi connectivity index (χ4v) is 6.93. The van der Waals surface area contributed by atoms with Crippen LogP contribution in [0.1, 0.15) is 58.1 Å². The molecular formula is C31H38N4O6S. The molecule has 2 amide bonds. The number of oxazole rings is 1. The van der Waals surface area contributed by atoms with Crippen molar-refractivity contribution < 1.29 is 27.2 Å². The van der Waals surface area contributed by atoms with E-state index < -0.39 is 15.6 Å². The van der Waals surface area contributed by atoms with E-state index in [9.17, 15) is 18.0 Å². The molecule has 224 valence electrons. The zero-order chi connectivity index (χ0) is 29.9. The predicted octanol–water partition coefficient (Wildman–Crippen LogP) is 5.00. The first-order chi connectivity index (χ1) is 20.0. The van der Waals surface area contributed by atoms with Gasteiger partial charge in [-0.1, -0.05) is 30.3 Å². The maximum Gasteiger partial charge on any atom is 0.410 e. The molecule has 42 heavy (non-hydrogen) atoms. The molecule has 2 heterocycles. The van der Waals surface area contributed by atoms with E-state index >= 15 is 0 Å². The number of sulfonamides is 1. The summed E-state index contributed by atoms with van der Waals surface area (Å²) in [6.07, 6.45) is 4.93. The van der Waals surface area contributed by atoms with Gasteiger partial charge >= 0.3 is 6.09 Å². The number of nitrogens with zero attached hydrogens (tertiary/aromatic N) is 3. The number of amides is 2. The van der Waals surface area contributed by atoms with Crippen molar-refractivity contribution in [3.63, 3.8) is 0 Å². The smallest absolute Gasteiger partial charge is 0.410 e. The largest absolute Gasteiger partial charge is 0.445 e. The van der Waals surface area contributed by atoms with Gasteiger partial charge in [0.1, 0.15) is 11.9 Å². The van der Waals surface area contributed by atoms with Gasteiger partial charge in [0.25, 0.3) is 0 Å². The second-order valence-corrected chi connectivity index (χ2v) is 13.6. The summed E-state index contributed by atoms with van der Waals surface area (Å²) in [5.41, 5.74) is 1.06. The van der Waals surface area contributed by atoms with Crippen LogP contribution in [0.2, 0.25) is 0 Å². The van der Waals surface area contributed by atoms with Gasteiger partial charge in [-0.15, -0.1) is 0 Å². The van der Waals surface area contributed by atoms with Crippen LogP contribution in [-0.4, -0.2) is 66.5 Å². The average Bonchev–Trinajstić information content (AvgIpc) is 3.52. The Bertz CT molecular complexity index is 1460. The molecule has 3 aromatic rings. The Kier molecular flexibility index (Phi) is 8.70. The van der Waals surface area contributed by atoms with E-state index in [0.717, 1.165) is 5.56 Å². The lowest BCUT2D eigenvalue weighted by Crippen LogP contribution is -2.54. The van der Waals surface area contributed by atoms with Crippen molar-refractivity contribution in [3.05, 3.63) is 72.6 Å². The molecule has 0 spiro atoms. The molecular weight excluding hydrogens is 556 g/mol. The number of ether oxygens (including phenoxy) is 1. The Balaban J connectivity index is 1.20. The second-order valence-electron chi connectivity index (χ2n) is 11.9. The molecule has 1 atom stereocenters. The predicted molar refractivity (Wildman–Crippen MR) is 157 cm³/mol. The van der Waals surface area contributed by atoms with E-state index in [-0.39, 0.29) is 34.9 Å². The van der Waals surface area contributed by atoms with Crippen molar-refractivity contribution in [2.24, 2.45) is 5.92 Å². The normalized spacial score (nSPS) is 21.6. The molecule has 0 bridgehead atoms. The van der Waals surface area contributed by atoms with Crippen LogP contribution in [0.4, 0.5) is 4.79 Å². The van der Waals surface area contributed by atoms with Crippen molar-refractivity contribution >= 4 is 22.0 Å². The third-order valence-corrected chi connectivity index (χ3v) is 9.28. The average molecular weight is 595 g/mol. The molecule has 10 nitrogen and oxygen atoms in total. The van der Waals surface area contributed by atoms with E-state index in [1.165, 1.54) is 24.6 Å². The Morgan fingerprint density at radius 1 is 0.976 bits per heavy atom. The van der Waals surface area contributed by atoms with Gasteiger partial charge < -0.3 is 19.0 Å². The SMILES string of the molecule is CC(C)(C)OC(=O)N1CCN(C(=O)C2CCC(NS(=O)(=O)c3ccc(-c4ncco4)cc3)CC2)C(c2ccccc2)C1. The molecule has 1 N–H and O–H groups in total. The van der Waals surface area contributed by atoms with Crippen LogP contribution in [0.25, 0.3) is 11.5 Å². The van der Waals surface area contributed by atoms with Gasteiger partial charge in [-0.05, 0) is 76.3 Å². The van der Waals surface area contributed by atoms with E-state index in [0.29, 0.717) is 56.8 Å². The molecule has 2 aromatic carbocycles. The van der Waals surface area contributed by atoms with Gasteiger partial charge in [-0.2, -0.15) is 0 Å². The number of hydrogen-bond donors (Lipinski definition) is 1. The minimum atomic E-state index is -3.72. The highest BCUT2D eigenvalue weighted by Crippen LogP contribution is 2.33. The Hall–Kier alpha value is -3.70. The summed E-state index contributed by atoms with van der Waals surface area (Å²) < 4.78 is 39.8. The quantitative estimate of drug-likeness (QED) is 0.426. The summed E-state index contributed by atoms with van der Waals surface area (Å²) in [6.45, 7) is 6.68. The van der Waals surface area contributed by atoms with Gasteiger partial charge in [0.2, 0.25) is 21.8 Å². The van der Waals surface area contributed by atoms with E-state index in [4.69, 9.17) is 9.15 Å². The summed E-state index contributed by atoms with van der Waals surface area (Å²) in [5, 5.41) is 0. The summed E-state index contributed by atoms with van der Waals surface area (Å²) in [7, 11) is -3.72. The molecule has 0 radical (unpaired) electrons. The topological polar surface area (TPSA) is 122 Å². The van der Waals surface area contributed by atoms with Crippen LogP contribution in [0.5, 0.6) is 0 Å². The van der Waals surface area contributed by atoms with E-state index in [2.05, 4.69) is 9.71 Å². The molecule has 1 aliphatic heterocycles. The zero-order valence-corrected chi connectivity index (χ0v) is 25.0. The number of piperazine rings is 1. The molecule has 1 saturated carbocycles. The third-order valence-electron chi connectivity index (χ3n) is 7.74. The molecule has 2 aliphatic rings. The lowest BCUT2D eigenvalue weighted by Gasteiger charge is -2.43. The number of benzene rings is 2. The number of nitrogens with one attached hydrogen (secondary N) is 1. The summed E-state index contributed by atoms with van der Waals surface area (Å²) in [5.74, 6) is 0.275. The number of carbonyl (C=O) groups is 2. The standard InChI is InChI=1S/C31H38N4O6S/c1-31(2,3)41-30(37)34-18-19-35(27(21-34)22-7-5-4-6-8-22)29(36)24-9-13-25(14-10-24)33-42(38,39)26-15-11-23(12-16-26)28-32-17-20-40-28/h4-8,11-12,15-17,20,24-25,27,33H,9-10,13-14,18-19,21H2,1-3H3. The van der Waals surface area contributed by atoms with Crippen molar-refractivity contribution in [1.29, 1.82) is 0 Å². The highest BCUT2D eigenvalue weighted by atomic mass is 32.2. The fraction of sp³-hybridized carbons (Fsp3) is 0.452. The van der Waals surface area contributed by atoms with Crippen molar-refractivity contribution in [3.8, 4) is 11.5 Å². The van der Waals surface area contributed by atoms with Gasteiger partial charge in [0.05, 0.1) is 17.1 Å². The lowest BCUT2D eigenvalue weighted by molar-refractivity contribution is -0.142. The highest BCUT2D eigenvalue weighted by Gasteiger charge is 2.39. The first kappa shape index (κ1) is 29.8. The first-order valence-electron chi connectivity index (χ1n) is 14.4. The van der Waals surface area contributed by atoms with Crippen LogP contribution >= 0.6 is 0 Å². The molecule has 1 unspecified atom stereocenters. The van der Waals surface area contributed by atoms with E-state index in [1.54, 1.807) is 17.0 Å². The van der Waals surface area contributed by atoms with Gasteiger partial charge in [0.15, 0.2) is 0 Å². The number of rotatable bonds is 6. The number of hydrogen-bond acceptors (Lipinski definition) is 7. The van der Waals surface area contributed by atoms with Crippen molar-refractivity contribution in [2.45, 2.75) is 69.0 Å². The Morgan fingerprint density at radius 2 is 1.67 bits per heavy atom. The Labute approximate surface area is 247 Å². The summed E-state index contributed by atoms with van der Waals surface area (Å²) in [4.78, 5) is 34.5. The van der Waals surface area contributed by atoms with Gasteiger partial charge in [-0.25, -0.2) is 22.9 Å². The maximum atomic E-state index is 13.8. The molecule has 11 heteroatoms. The van der Waals surface area contributed by atoms with Gasteiger partial charge in [-0.3, -0.25) is 4.79 Å². The van der Waals surface area contributed by atoms with Crippen molar-refractivity contribution in [1.82, 2.24) is 19.5 Å². The monoisotopic (exact) mass is 594 g/mol. The van der Waals surface area contributed by atoms with Crippen LogP contribution in [0, 0.1) is 5.92 Å². The van der Waals surface area contributed by atoms with Crippen LogP contribution in [-0.2, 0) is 19.6 Å². The number of aromatic nitrogens is 1. The van der Waals surface area contributed by atoms with Crippen molar-refractivity contribution in [2.75, 3.05) is 19.6 Å². The molecule has 2 fully saturated rings. The van der Waals surface area contributed by atoms with E-state index in [1.807, 2.05) is 56.0 Å². The molecule has 1 aromatic heterocycles. The minimum Gasteiger partial charge on any atom is -0.445 e. The lowest BCUT2D eigenvalue weighted by atomic mass is 9.85. The Morgan fingerprint density at radius 3 is 2.29 bits per heavy atom. The summed E-state index contributed by atoms with van der Waals surface area (Å²) in [6, 6.07) is 15.6. The maximum absolute atomic E-state index is 13.8. The fourth-order valence-electron chi connectivity index (χ4n) is 5.62. The highest BCUT2D eigenvalue weighted by molar-refractivity contribution is 7.89. The molecule has 5 rings (SSSR count). The minimum absolute atomic E-state index is 0.0520. The van der Waals surface area contributed by atoms with Crippen LogP contribution in [0.15, 0.2) is 76.4 Å². The summed E-state index contributed by atoms with van der Waals surface area (Å²) >= 11 is 0. The second kappa shape index (κ2) is 12.3. The third kappa shape index (κ3) is 7.01. The van der Waals surface area contributed by atoms with Gasteiger partial charge in [0, 0.05) is 37.2 Å². The zero-order valence-electron chi connectivity index (χ0n) is 24.2.